The number of nitrogens with zero attached hydrogens (tertiary/aromatic N) is 2. The van der Waals surface area contributed by atoms with E-state index in [0.29, 0.717) is 11.9 Å². The van der Waals surface area contributed by atoms with Gasteiger partial charge in [-0.15, -0.1) is 0 Å². The SMILES string of the molecule is Cc1cn(-c2cccc(C(C)C)c2)c(N)n1. The summed E-state index contributed by atoms with van der Waals surface area (Å²) in [6, 6.07) is 8.39. The average Bonchev–Trinajstić information content (AvgIpc) is 2.58. The predicted molar refractivity (Wildman–Crippen MR) is 66.8 cm³/mol. The minimum absolute atomic E-state index is 0.519. The third-order valence-corrected chi connectivity index (χ3v) is 2.67. The van der Waals surface area contributed by atoms with Gasteiger partial charge in [-0.3, -0.25) is 4.57 Å². The van der Waals surface area contributed by atoms with E-state index in [1.807, 2.05) is 23.8 Å². The minimum atomic E-state index is 0.519. The molecular formula is C13H17N3. The number of nitrogens with two attached hydrogens (primary N) is 1. The van der Waals surface area contributed by atoms with Crippen molar-refractivity contribution in [2.75, 3.05) is 5.73 Å². The van der Waals surface area contributed by atoms with Gasteiger partial charge in [-0.1, -0.05) is 26.0 Å². The van der Waals surface area contributed by atoms with E-state index in [9.17, 15) is 0 Å². The topological polar surface area (TPSA) is 43.8 Å². The number of hydrogen-bond donors (Lipinski definition) is 1. The molecular weight excluding hydrogens is 198 g/mol. The van der Waals surface area contributed by atoms with Gasteiger partial charge in [0.1, 0.15) is 0 Å². The van der Waals surface area contributed by atoms with Crippen LogP contribution in [0.25, 0.3) is 5.69 Å². The van der Waals surface area contributed by atoms with E-state index in [1.54, 1.807) is 0 Å². The zero-order valence-electron chi connectivity index (χ0n) is 9.94. The van der Waals surface area contributed by atoms with Gasteiger partial charge in [-0.25, -0.2) is 4.98 Å². The Kier molecular flexibility index (Phi) is 2.69. The van der Waals surface area contributed by atoms with Crippen molar-refractivity contribution in [3.8, 4) is 5.69 Å². The van der Waals surface area contributed by atoms with Gasteiger partial charge in [0.15, 0.2) is 0 Å². The molecule has 1 aromatic heterocycles. The number of aromatic nitrogens is 2. The lowest BCUT2D eigenvalue weighted by molar-refractivity contribution is 0.863. The number of rotatable bonds is 2. The maximum atomic E-state index is 5.85. The lowest BCUT2D eigenvalue weighted by Crippen LogP contribution is -2.00. The second kappa shape index (κ2) is 4.00. The highest BCUT2D eigenvalue weighted by Gasteiger charge is 2.05. The van der Waals surface area contributed by atoms with Crippen LogP contribution >= 0.6 is 0 Å². The molecule has 0 atom stereocenters. The van der Waals surface area contributed by atoms with E-state index in [1.165, 1.54) is 5.56 Å². The van der Waals surface area contributed by atoms with Gasteiger partial charge in [0, 0.05) is 11.9 Å². The van der Waals surface area contributed by atoms with Crippen LogP contribution in [0.2, 0.25) is 0 Å². The predicted octanol–water partition coefficient (Wildman–Crippen LogP) is 2.89. The van der Waals surface area contributed by atoms with Crippen LogP contribution in [0.1, 0.15) is 31.0 Å². The maximum absolute atomic E-state index is 5.85. The average molecular weight is 215 g/mol. The highest BCUT2D eigenvalue weighted by Crippen LogP contribution is 2.20. The summed E-state index contributed by atoms with van der Waals surface area (Å²) in [4.78, 5) is 4.20. The molecule has 0 spiro atoms. The van der Waals surface area contributed by atoms with Crippen molar-refractivity contribution in [2.45, 2.75) is 26.7 Å². The van der Waals surface area contributed by atoms with E-state index in [2.05, 4.69) is 37.0 Å². The standard InChI is InChI=1S/C13H17N3/c1-9(2)11-5-4-6-12(7-11)16-8-10(3)15-13(16)14/h4-9H,1-3H3,(H2,14,15). The van der Waals surface area contributed by atoms with Crippen LogP contribution in [0, 0.1) is 6.92 Å². The first-order chi connectivity index (χ1) is 7.58. The molecule has 16 heavy (non-hydrogen) atoms. The Balaban J connectivity index is 2.48. The molecule has 0 aliphatic carbocycles. The summed E-state index contributed by atoms with van der Waals surface area (Å²) in [7, 11) is 0. The molecule has 0 fully saturated rings. The zero-order valence-corrected chi connectivity index (χ0v) is 9.94. The molecule has 3 nitrogen and oxygen atoms in total. The summed E-state index contributed by atoms with van der Waals surface area (Å²) >= 11 is 0. The number of imidazole rings is 1. The van der Waals surface area contributed by atoms with Gasteiger partial charge < -0.3 is 5.73 Å². The van der Waals surface area contributed by atoms with Crippen molar-refractivity contribution < 1.29 is 0 Å². The van der Waals surface area contributed by atoms with E-state index < -0.39 is 0 Å². The molecule has 0 saturated heterocycles. The molecule has 0 aliphatic rings. The van der Waals surface area contributed by atoms with Crippen LogP contribution in [0.5, 0.6) is 0 Å². The number of anilines is 1. The first kappa shape index (κ1) is 10.7. The Morgan fingerprint density at radius 3 is 2.62 bits per heavy atom. The van der Waals surface area contributed by atoms with Crippen LogP contribution in [0.4, 0.5) is 5.95 Å². The highest BCUT2D eigenvalue weighted by molar-refractivity contribution is 5.43. The third kappa shape index (κ3) is 1.94. The highest BCUT2D eigenvalue weighted by atomic mass is 15.1. The Labute approximate surface area is 95.9 Å². The normalized spacial score (nSPS) is 11.0. The van der Waals surface area contributed by atoms with Gasteiger partial charge in [0.05, 0.1) is 5.69 Å². The van der Waals surface area contributed by atoms with Crippen molar-refractivity contribution in [2.24, 2.45) is 0 Å². The summed E-state index contributed by atoms with van der Waals surface area (Å²) in [5.41, 5.74) is 9.17. The van der Waals surface area contributed by atoms with E-state index in [0.717, 1.165) is 11.4 Å². The Morgan fingerprint density at radius 2 is 2.06 bits per heavy atom. The van der Waals surface area contributed by atoms with Crippen molar-refractivity contribution in [3.05, 3.63) is 41.7 Å². The molecule has 0 radical (unpaired) electrons. The molecule has 0 unspecified atom stereocenters. The van der Waals surface area contributed by atoms with E-state index in [-0.39, 0.29) is 0 Å². The monoisotopic (exact) mass is 215 g/mol. The molecule has 2 N–H and O–H groups in total. The van der Waals surface area contributed by atoms with Crippen molar-refractivity contribution in [1.82, 2.24) is 9.55 Å². The fourth-order valence-electron chi connectivity index (χ4n) is 1.76. The van der Waals surface area contributed by atoms with Crippen LogP contribution in [0.15, 0.2) is 30.5 Å². The van der Waals surface area contributed by atoms with Gasteiger partial charge in [-0.05, 0) is 30.5 Å². The summed E-state index contributed by atoms with van der Waals surface area (Å²) in [6.45, 7) is 6.31. The lowest BCUT2D eigenvalue weighted by atomic mass is 10.0. The molecule has 0 bridgehead atoms. The van der Waals surface area contributed by atoms with Crippen LogP contribution in [-0.4, -0.2) is 9.55 Å². The second-order valence-corrected chi connectivity index (χ2v) is 4.36. The zero-order chi connectivity index (χ0) is 11.7. The van der Waals surface area contributed by atoms with Crippen molar-refractivity contribution in [3.63, 3.8) is 0 Å². The summed E-state index contributed by atoms with van der Waals surface area (Å²) < 4.78 is 1.92. The lowest BCUT2D eigenvalue weighted by Gasteiger charge is -2.09. The fraction of sp³-hybridized carbons (Fsp3) is 0.308. The van der Waals surface area contributed by atoms with Gasteiger partial charge in [0.25, 0.3) is 0 Å². The molecule has 84 valence electrons. The van der Waals surface area contributed by atoms with E-state index >= 15 is 0 Å². The molecule has 0 saturated carbocycles. The molecule has 3 heteroatoms. The second-order valence-electron chi connectivity index (χ2n) is 4.36. The fourth-order valence-corrected chi connectivity index (χ4v) is 1.76. The number of hydrogen-bond acceptors (Lipinski definition) is 2. The smallest absolute Gasteiger partial charge is 0.205 e. The maximum Gasteiger partial charge on any atom is 0.205 e. The summed E-state index contributed by atoms with van der Waals surface area (Å²) in [5, 5.41) is 0. The van der Waals surface area contributed by atoms with Gasteiger partial charge in [-0.2, -0.15) is 0 Å². The summed E-state index contributed by atoms with van der Waals surface area (Å²) in [5.74, 6) is 1.06. The third-order valence-electron chi connectivity index (χ3n) is 2.67. The van der Waals surface area contributed by atoms with E-state index in [4.69, 9.17) is 5.73 Å². The summed E-state index contributed by atoms with van der Waals surface area (Å²) in [6.07, 6.45) is 1.95. The number of nitrogen functional groups attached to an aromatic ring is 1. The molecule has 1 aromatic carbocycles. The van der Waals surface area contributed by atoms with Gasteiger partial charge in [0.2, 0.25) is 5.95 Å². The minimum Gasteiger partial charge on any atom is -0.369 e. The largest absolute Gasteiger partial charge is 0.369 e. The Morgan fingerprint density at radius 1 is 1.31 bits per heavy atom. The Bertz CT molecular complexity index is 498. The first-order valence-corrected chi connectivity index (χ1v) is 5.49. The number of aryl methyl sites for hydroxylation is 1. The van der Waals surface area contributed by atoms with Crippen LogP contribution < -0.4 is 5.73 Å². The molecule has 2 rings (SSSR count). The molecule has 1 heterocycles. The van der Waals surface area contributed by atoms with Crippen LogP contribution in [-0.2, 0) is 0 Å². The van der Waals surface area contributed by atoms with Crippen molar-refractivity contribution in [1.29, 1.82) is 0 Å². The molecule has 0 aliphatic heterocycles. The molecule has 2 aromatic rings. The first-order valence-electron chi connectivity index (χ1n) is 5.49. The van der Waals surface area contributed by atoms with Crippen LogP contribution in [0.3, 0.4) is 0 Å². The van der Waals surface area contributed by atoms with Gasteiger partial charge >= 0.3 is 0 Å². The quantitative estimate of drug-likeness (QED) is 0.837. The number of benzene rings is 1. The molecule has 0 amide bonds. The van der Waals surface area contributed by atoms with Crippen molar-refractivity contribution >= 4 is 5.95 Å². The Hall–Kier alpha value is -1.77.